The smallest absolute Gasteiger partial charge is 0.303 e. The summed E-state index contributed by atoms with van der Waals surface area (Å²) in [5, 5.41) is 2.63. The number of nitrogens with zero attached hydrogens (tertiary/aromatic N) is 1. The summed E-state index contributed by atoms with van der Waals surface area (Å²) < 4.78 is 13.8. The summed E-state index contributed by atoms with van der Waals surface area (Å²) >= 11 is 5.95. The van der Waals surface area contributed by atoms with Gasteiger partial charge in [0.15, 0.2) is 0 Å². The zero-order valence-corrected chi connectivity index (χ0v) is 13.6. The highest BCUT2D eigenvalue weighted by Crippen LogP contribution is 2.24. The lowest BCUT2D eigenvalue weighted by Gasteiger charge is -2.11. The molecule has 2 aromatic carbocycles. The molecule has 0 aliphatic carbocycles. The number of imide groups is 1. The van der Waals surface area contributed by atoms with Crippen molar-refractivity contribution in [2.45, 2.75) is 13.5 Å². The third-order valence-electron chi connectivity index (χ3n) is 3.71. The summed E-state index contributed by atoms with van der Waals surface area (Å²) in [6, 6.07) is 11.2. The summed E-state index contributed by atoms with van der Waals surface area (Å²) in [7, 11) is 0. The van der Waals surface area contributed by atoms with Gasteiger partial charge >= 0.3 is 6.03 Å². The Balaban J connectivity index is 1.86. The molecule has 1 aliphatic heterocycles. The molecule has 1 aliphatic rings. The van der Waals surface area contributed by atoms with Crippen molar-refractivity contribution in [2.75, 3.05) is 0 Å². The van der Waals surface area contributed by atoms with Gasteiger partial charge in [-0.2, -0.15) is 0 Å². The zero-order valence-electron chi connectivity index (χ0n) is 12.8. The third-order valence-corrected chi connectivity index (χ3v) is 4.04. The van der Waals surface area contributed by atoms with Crippen LogP contribution in [0.1, 0.15) is 16.7 Å². The zero-order chi connectivity index (χ0) is 17.3. The van der Waals surface area contributed by atoms with E-state index < -0.39 is 17.8 Å². The average molecular weight is 345 g/mol. The van der Waals surface area contributed by atoms with E-state index in [0.717, 1.165) is 16.0 Å². The molecule has 3 rings (SSSR count). The van der Waals surface area contributed by atoms with Crippen LogP contribution in [0.4, 0.5) is 9.18 Å². The summed E-state index contributed by atoms with van der Waals surface area (Å²) in [5.41, 5.74) is 1.99. The van der Waals surface area contributed by atoms with Crippen LogP contribution < -0.4 is 5.32 Å². The Morgan fingerprint density at radius 2 is 1.88 bits per heavy atom. The van der Waals surface area contributed by atoms with Gasteiger partial charge in [0.2, 0.25) is 0 Å². The van der Waals surface area contributed by atoms with Crippen molar-refractivity contribution in [3.8, 4) is 0 Å². The number of carbonyl (C=O) groups is 2. The molecule has 3 amide bonds. The number of hydrogen-bond donors (Lipinski definition) is 1. The fourth-order valence-electron chi connectivity index (χ4n) is 2.38. The number of aryl methyl sites for hydroxylation is 1. The second kappa shape index (κ2) is 6.45. The van der Waals surface area contributed by atoms with Gasteiger partial charge in [0, 0.05) is 5.56 Å². The first-order chi connectivity index (χ1) is 11.5. The normalized spacial score (nSPS) is 16.0. The van der Waals surface area contributed by atoms with Crippen molar-refractivity contribution in [3.63, 3.8) is 0 Å². The number of carbonyl (C=O) groups excluding carboxylic acids is 2. The third kappa shape index (κ3) is 3.16. The summed E-state index contributed by atoms with van der Waals surface area (Å²) in [6.07, 6.45) is 1.26. The largest absolute Gasteiger partial charge is 0.329 e. The molecule has 4 nitrogen and oxygen atoms in total. The standard InChI is InChI=1S/C18H14ClFN2O2/c1-11-5-7-12(8-6-11)10-22-17(23)16(21-18(22)24)9-13-14(19)3-2-4-15(13)20/h2-9H,10H2,1H3,(H,21,24)/b16-9-. The van der Waals surface area contributed by atoms with E-state index in [1.807, 2.05) is 31.2 Å². The van der Waals surface area contributed by atoms with E-state index in [1.54, 1.807) is 0 Å². The second-order valence-electron chi connectivity index (χ2n) is 5.50. The van der Waals surface area contributed by atoms with Gasteiger partial charge in [0.1, 0.15) is 11.5 Å². The van der Waals surface area contributed by atoms with E-state index in [0.29, 0.717) is 0 Å². The first-order valence-corrected chi connectivity index (χ1v) is 7.67. The van der Waals surface area contributed by atoms with E-state index in [-0.39, 0.29) is 22.8 Å². The van der Waals surface area contributed by atoms with E-state index in [9.17, 15) is 14.0 Å². The average Bonchev–Trinajstić information content (AvgIpc) is 2.80. The molecule has 6 heteroatoms. The summed E-state index contributed by atoms with van der Waals surface area (Å²) in [5.74, 6) is -1.08. The lowest BCUT2D eigenvalue weighted by Crippen LogP contribution is -2.30. The van der Waals surface area contributed by atoms with Gasteiger partial charge in [-0.15, -0.1) is 0 Å². The molecule has 0 radical (unpaired) electrons. The Kier molecular flexibility index (Phi) is 4.36. The van der Waals surface area contributed by atoms with Crippen LogP contribution in [0.25, 0.3) is 6.08 Å². The van der Waals surface area contributed by atoms with Gasteiger partial charge in [-0.05, 0) is 30.7 Å². The Hall–Kier alpha value is -2.66. The molecular weight excluding hydrogens is 331 g/mol. The molecule has 0 atom stereocenters. The number of nitrogens with one attached hydrogen (secondary N) is 1. The van der Waals surface area contributed by atoms with Crippen molar-refractivity contribution < 1.29 is 14.0 Å². The molecular formula is C18H14ClFN2O2. The minimum Gasteiger partial charge on any atom is -0.303 e. The van der Waals surface area contributed by atoms with Gasteiger partial charge in [-0.25, -0.2) is 9.18 Å². The van der Waals surface area contributed by atoms with Crippen LogP contribution in [-0.4, -0.2) is 16.8 Å². The van der Waals surface area contributed by atoms with Crippen LogP contribution in [0, 0.1) is 12.7 Å². The molecule has 0 unspecified atom stereocenters. The Bertz CT molecular complexity index is 826. The van der Waals surface area contributed by atoms with Crippen molar-refractivity contribution in [1.29, 1.82) is 0 Å². The highest BCUT2D eigenvalue weighted by molar-refractivity contribution is 6.32. The van der Waals surface area contributed by atoms with Crippen molar-refractivity contribution in [3.05, 3.63) is 75.7 Å². The van der Waals surface area contributed by atoms with E-state index in [4.69, 9.17) is 11.6 Å². The molecule has 1 fully saturated rings. The molecule has 0 aromatic heterocycles. The first-order valence-electron chi connectivity index (χ1n) is 7.30. The van der Waals surface area contributed by atoms with Crippen LogP contribution in [0.3, 0.4) is 0 Å². The van der Waals surface area contributed by atoms with E-state index in [2.05, 4.69) is 5.32 Å². The predicted octanol–water partition coefficient (Wildman–Crippen LogP) is 3.88. The molecule has 1 N–H and O–H groups in total. The molecule has 0 spiro atoms. The van der Waals surface area contributed by atoms with Crippen molar-refractivity contribution in [2.24, 2.45) is 0 Å². The number of urea groups is 1. The van der Waals surface area contributed by atoms with Crippen LogP contribution in [0.5, 0.6) is 0 Å². The number of hydrogen-bond acceptors (Lipinski definition) is 2. The second-order valence-corrected chi connectivity index (χ2v) is 5.91. The quantitative estimate of drug-likeness (QED) is 0.678. The Morgan fingerprint density at radius 3 is 2.54 bits per heavy atom. The molecule has 122 valence electrons. The van der Waals surface area contributed by atoms with Gasteiger partial charge < -0.3 is 5.32 Å². The molecule has 1 heterocycles. The van der Waals surface area contributed by atoms with Crippen LogP contribution in [0.2, 0.25) is 5.02 Å². The van der Waals surface area contributed by atoms with Crippen molar-refractivity contribution in [1.82, 2.24) is 10.2 Å². The van der Waals surface area contributed by atoms with Crippen LogP contribution in [-0.2, 0) is 11.3 Å². The molecule has 0 saturated carbocycles. The number of benzene rings is 2. The lowest BCUT2D eigenvalue weighted by atomic mass is 10.1. The fraction of sp³-hybridized carbons (Fsp3) is 0.111. The minimum atomic E-state index is -0.561. The molecule has 1 saturated heterocycles. The highest BCUT2D eigenvalue weighted by Gasteiger charge is 2.33. The monoisotopic (exact) mass is 344 g/mol. The Morgan fingerprint density at radius 1 is 1.17 bits per heavy atom. The highest BCUT2D eigenvalue weighted by atomic mass is 35.5. The molecule has 0 bridgehead atoms. The predicted molar refractivity (Wildman–Crippen MR) is 89.6 cm³/mol. The minimum absolute atomic E-state index is 0.000823. The number of halogens is 2. The maximum absolute atomic E-state index is 13.8. The lowest BCUT2D eigenvalue weighted by molar-refractivity contribution is -0.123. The summed E-state index contributed by atoms with van der Waals surface area (Å²) in [6.45, 7) is 2.10. The fourth-order valence-corrected chi connectivity index (χ4v) is 2.60. The Labute approximate surface area is 143 Å². The van der Waals surface area contributed by atoms with Crippen molar-refractivity contribution >= 4 is 29.6 Å². The maximum Gasteiger partial charge on any atom is 0.329 e. The van der Waals surface area contributed by atoms with Gasteiger partial charge in [0.25, 0.3) is 5.91 Å². The SMILES string of the molecule is Cc1ccc(CN2C(=O)N/C(=C\c3c(F)cccc3Cl)C2=O)cc1. The molecule has 2 aromatic rings. The van der Waals surface area contributed by atoms with Gasteiger partial charge in [0.05, 0.1) is 11.6 Å². The topological polar surface area (TPSA) is 49.4 Å². The van der Waals surface area contributed by atoms with E-state index >= 15 is 0 Å². The van der Waals surface area contributed by atoms with Crippen LogP contribution in [0.15, 0.2) is 48.2 Å². The van der Waals surface area contributed by atoms with Crippen LogP contribution >= 0.6 is 11.6 Å². The molecule has 24 heavy (non-hydrogen) atoms. The maximum atomic E-state index is 13.8. The number of amides is 3. The van der Waals surface area contributed by atoms with Gasteiger partial charge in [-0.1, -0.05) is 47.5 Å². The first kappa shape index (κ1) is 16.2. The van der Waals surface area contributed by atoms with E-state index in [1.165, 1.54) is 24.3 Å². The van der Waals surface area contributed by atoms with Gasteiger partial charge in [-0.3, -0.25) is 9.69 Å². The number of rotatable bonds is 3. The summed E-state index contributed by atoms with van der Waals surface area (Å²) in [4.78, 5) is 25.6.